The van der Waals surface area contributed by atoms with Crippen LogP contribution in [-0.2, 0) is 6.54 Å². The summed E-state index contributed by atoms with van der Waals surface area (Å²) in [4.78, 5) is 29.9. The van der Waals surface area contributed by atoms with Crippen LogP contribution in [0.3, 0.4) is 0 Å². The molecule has 7 heteroatoms. The van der Waals surface area contributed by atoms with Crippen LogP contribution in [0, 0.1) is 6.92 Å². The molecule has 0 spiro atoms. The lowest BCUT2D eigenvalue weighted by atomic mass is 10.0. The summed E-state index contributed by atoms with van der Waals surface area (Å²) in [5.74, 6) is -1.12. The molecule has 2 aromatic carbocycles. The number of imidazole rings is 1. The van der Waals surface area contributed by atoms with Crippen LogP contribution in [0.5, 0.6) is 0 Å². The fraction of sp³-hybridized carbons (Fsp3) is 0.0952. The second kappa shape index (κ2) is 6.98. The van der Waals surface area contributed by atoms with E-state index in [0.29, 0.717) is 16.8 Å². The molecule has 0 fully saturated rings. The van der Waals surface area contributed by atoms with E-state index in [4.69, 9.17) is 11.6 Å². The Hall–Kier alpha value is -3.38. The maximum Gasteiger partial charge on any atom is 0.338 e. The van der Waals surface area contributed by atoms with Gasteiger partial charge in [0.25, 0.3) is 5.56 Å². The molecule has 0 atom stereocenters. The van der Waals surface area contributed by atoms with Crippen molar-refractivity contribution in [3.05, 3.63) is 93.4 Å². The monoisotopic (exact) mass is 393 g/mol. The van der Waals surface area contributed by atoms with Gasteiger partial charge in [0.15, 0.2) is 0 Å². The summed E-state index contributed by atoms with van der Waals surface area (Å²) in [6.07, 6.45) is 3.41. The number of benzene rings is 2. The second-order valence-corrected chi connectivity index (χ2v) is 6.86. The van der Waals surface area contributed by atoms with Crippen LogP contribution in [0.15, 0.2) is 65.8 Å². The van der Waals surface area contributed by atoms with Crippen LogP contribution in [0.25, 0.3) is 16.5 Å². The molecule has 0 unspecified atom stereocenters. The quantitative estimate of drug-likeness (QED) is 0.570. The van der Waals surface area contributed by atoms with E-state index in [0.717, 1.165) is 5.69 Å². The molecule has 0 bridgehead atoms. The highest BCUT2D eigenvalue weighted by Gasteiger charge is 2.23. The zero-order valence-corrected chi connectivity index (χ0v) is 15.7. The van der Waals surface area contributed by atoms with Gasteiger partial charge in [-0.2, -0.15) is 0 Å². The Labute approximate surface area is 165 Å². The third-order valence-electron chi connectivity index (χ3n) is 4.58. The Bertz CT molecular complexity index is 1260. The van der Waals surface area contributed by atoms with Crippen molar-refractivity contribution < 1.29 is 9.90 Å². The van der Waals surface area contributed by atoms with E-state index in [-0.39, 0.29) is 28.1 Å². The Morgan fingerprint density at radius 2 is 1.89 bits per heavy atom. The lowest BCUT2D eigenvalue weighted by Gasteiger charge is -2.19. The zero-order valence-electron chi connectivity index (χ0n) is 15.0. The summed E-state index contributed by atoms with van der Waals surface area (Å²) >= 11 is 6.29. The number of aryl methyl sites for hydroxylation is 1. The first-order valence-electron chi connectivity index (χ1n) is 8.60. The maximum atomic E-state index is 13.4. The molecular weight excluding hydrogens is 378 g/mol. The first-order chi connectivity index (χ1) is 13.5. The maximum absolute atomic E-state index is 13.4. The first-order valence-corrected chi connectivity index (χ1v) is 8.98. The summed E-state index contributed by atoms with van der Waals surface area (Å²) in [5, 5.41) is 10.8. The number of nitrogens with zero attached hydrogens (tertiary/aromatic N) is 3. The molecule has 0 amide bonds. The molecule has 28 heavy (non-hydrogen) atoms. The second-order valence-electron chi connectivity index (χ2n) is 6.45. The Morgan fingerprint density at radius 3 is 2.54 bits per heavy atom. The zero-order chi connectivity index (χ0) is 19.8. The molecule has 2 aromatic heterocycles. The summed E-state index contributed by atoms with van der Waals surface area (Å²) < 4.78 is 3.18. The standard InChI is InChI=1S/C21H16ClN3O3/c1-13-10-24(12-23-13)11-17-19(21(27)28)15-8-5-9-16(22)18(15)20(26)25(17)14-6-3-2-4-7-14/h2-10,12H,11H2,1H3,(H,27,28). The Balaban J connectivity index is 2.16. The smallest absolute Gasteiger partial charge is 0.338 e. The van der Waals surface area contributed by atoms with Crippen molar-refractivity contribution >= 4 is 28.3 Å². The Kier molecular flexibility index (Phi) is 4.49. The van der Waals surface area contributed by atoms with Gasteiger partial charge in [0.1, 0.15) is 0 Å². The van der Waals surface area contributed by atoms with Crippen LogP contribution >= 0.6 is 11.6 Å². The van der Waals surface area contributed by atoms with Gasteiger partial charge in [0, 0.05) is 17.3 Å². The fourth-order valence-corrected chi connectivity index (χ4v) is 3.68. The predicted octanol–water partition coefficient (Wildman–Crippen LogP) is 3.90. The molecule has 1 N–H and O–H groups in total. The molecule has 0 aliphatic heterocycles. The number of carboxylic acids is 1. The van der Waals surface area contributed by atoms with Gasteiger partial charge in [-0.05, 0) is 25.1 Å². The van der Waals surface area contributed by atoms with E-state index >= 15 is 0 Å². The molecule has 0 aliphatic carbocycles. The van der Waals surface area contributed by atoms with E-state index in [1.165, 1.54) is 4.57 Å². The van der Waals surface area contributed by atoms with E-state index in [1.807, 2.05) is 13.0 Å². The molecular formula is C21H16ClN3O3. The van der Waals surface area contributed by atoms with Gasteiger partial charge in [0.05, 0.1) is 40.2 Å². The van der Waals surface area contributed by atoms with E-state index < -0.39 is 5.97 Å². The summed E-state index contributed by atoms with van der Waals surface area (Å²) in [6, 6.07) is 13.8. The number of para-hydroxylation sites is 1. The highest BCUT2D eigenvalue weighted by Crippen LogP contribution is 2.28. The van der Waals surface area contributed by atoms with Gasteiger partial charge >= 0.3 is 5.97 Å². The molecule has 0 aliphatic rings. The summed E-state index contributed by atoms with van der Waals surface area (Å²) in [6.45, 7) is 2.02. The van der Waals surface area contributed by atoms with Crippen LogP contribution in [0.2, 0.25) is 5.02 Å². The summed E-state index contributed by atoms with van der Waals surface area (Å²) in [7, 11) is 0. The van der Waals surface area contributed by atoms with Crippen molar-refractivity contribution in [1.29, 1.82) is 0 Å². The number of fused-ring (bicyclic) bond motifs is 1. The minimum atomic E-state index is -1.12. The third kappa shape index (κ3) is 2.97. The van der Waals surface area contributed by atoms with E-state index in [9.17, 15) is 14.7 Å². The lowest BCUT2D eigenvalue weighted by molar-refractivity contribution is 0.0697. The number of carboxylic acid groups (broad SMARTS) is 1. The van der Waals surface area contributed by atoms with Crippen LogP contribution in [-0.4, -0.2) is 25.2 Å². The SMILES string of the molecule is Cc1cn(Cc2c(C(=O)O)c3cccc(Cl)c3c(=O)n2-c2ccccc2)cn1. The largest absolute Gasteiger partial charge is 0.478 e. The van der Waals surface area contributed by atoms with Crippen LogP contribution in [0.4, 0.5) is 0 Å². The molecule has 140 valence electrons. The minimum Gasteiger partial charge on any atom is -0.478 e. The van der Waals surface area contributed by atoms with E-state index in [1.54, 1.807) is 59.6 Å². The predicted molar refractivity (Wildman–Crippen MR) is 108 cm³/mol. The number of aromatic carboxylic acids is 1. The number of aromatic nitrogens is 3. The first kappa shape index (κ1) is 18.0. The number of hydrogen-bond acceptors (Lipinski definition) is 3. The van der Waals surface area contributed by atoms with Gasteiger partial charge in [-0.1, -0.05) is 41.9 Å². The van der Waals surface area contributed by atoms with Gasteiger partial charge < -0.3 is 9.67 Å². The molecule has 2 heterocycles. The highest BCUT2D eigenvalue weighted by molar-refractivity contribution is 6.35. The molecule has 6 nitrogen and oxygen atoms in total. The van der Waals surface area contributed by atoms with Crippen molar-refractivity contribution in [2.24, 2.45) is 0 Å². The normalized spacial score (nSPS) is 11.1. The van der Waals surface area contributed by atoms with Crippen LogP contribution < -0.4 is 5.56 Å². The Morgan fingerprint density at radius 1 is 1.14 bits per heavy atom. The average molecular weight is 394 g/mol. The highest BCUT2D eigenvalue weighted by atomic mass is 35.5. The van der Waals surface area contributed by atoms with Crippen molar-refractivity contribution in [2.75, 3.05) is 0 Å². The minimum absolute atomic E-state index is 0.0484. The van der Waals surface area contributed by atoms with Crippen molar-refractivity contribution in [3.8, 4) is 5.69 Å². The number of halogens is 1. The number of pyridine rings is 1. The number of hydrogen-bond donors (Lipinski definition) is 1. The van der Waals surface area contributed by atoms with E-state index in [2.05, 4.69) is 4.98 Å². The number of rotatable bonds is 4. The van der Waals surface area contributed by atoms with Gasteiger partial charge in [-0.25, -0.2) is 9.78 Å². The van der Waals surface area contributed by atoms with Crippen molar-refractivity contribution in [3.63, 3.8) is 0 Å². The molecule has 0 saturated heterocycles. The summed E-state index contributed by atoms with van der Waals surface area (Å²) in [5.41, 5.74) is 1.42. The van der Waals surface area contributed by atoms with Gasteiger partial charge in [0.2, 0.25) is 0 Å². The van der Waals surface area contributed by atoms with Crippen molar-refractivity contribution in [2.45, 2.75) is 13.5 Å². The molecule has 4 rings (SSSR count). The van der Waals surface area contributed by atoms with Gasteiger partial charge in [-0.3, -0.25) is 9.36 Å². The van der Waals surface area contributed by atoms with Crippen molar-refractivity contribution in [1.82, 2.24) is 14.1 Å². The fourth-order valence-electron chi connectivity index (χ4n) is 3.42. The van der Waals surface area contributed by atoms with Gasteiger partial charge in [-0.15, -0.1) is 0 Å². The molecule has 4 aromatic rings. The van der Waals surface area contributed by atoms with Crippen LogP contribution in [0.1, 0.15) is 21.7 Å². The number of carbonyl (C=O) groups is 1. The lowest BCUT2D eigenvalue weighted by Crippen LogP contribution is -2.27. The third-order valence-corrected chi connectivity index (χ3v) is 4.90. The molecule has 0 saturated carbocycles. The average Bonchev–Trinajstić information content (AvgIpc) is 3.07. The topological polar surface area (TPSA) is 77.1 Å². The molecule has 0 radical (unpaired) electrons.